The van der Waals surface area contributed by atoms with Gasteiger partial charge in [-0.1, -0.05) is 29.5 Å². The Bertz CT molecular complexity index is 1190. The Kier molecular flexibility index (Phi) is 8.04. The van der Waals surface area contributed by atoms with E-state index in [2.05, 4.69) is 0 Å². The van der Waals surface area contributed by atoms with Gasteiger partial charge in [0.15, 0.2) is 15.0 Å². The topological polar surface area (TPSA) is 79.8 Å². The zero-order valence-corrected chi connectivity index (χ0v) is 20.5. The Balaban J connectivity index is 0.00000341. The molecule has 0 saturated heterocycles. The summed E-state index contributed by atoms with van der Waals surface area (Å²) in [6, 6.07) is 10.1. The lowest BCUT2D eigenvalue weighted by Crippen LogP contribution is -2.37. The number of aryl methyl sites for hydroxylation is 1. The summed E-state index contributed by atoms with van der Waals surface area (Å²) in [7, 11) is 1.85. The van der Waals surface area contributed by atoms with Crippen molar-refractivity contribution in [2.75, 3.05) is 45.5 Å². The van der Waals surface area contributed by atoms with Crippen LogP contribution in [0.5, 0.6) is 5.75 Å². The monoisotopic (exact) mass is 483 g/mol. The number of thiazole rings is 1. The number of likely N-dealkylation sites (N-methyl/N-ethyl adjacent to an activating group) is 1. The third-order valence-electron chi connectivity index (χ3n) is 4.68. The molecule has 10 heteroatoms. The number of ether oxygens (including phenoxy) is 1. The molecule has 7 nitrogen and oxygen atoms in total. The summed E-state index contributed by atoms with van der Waals surface area (Å²) in [6.07, 6.45) is 1.11. The molecule has 0 aliphatic heterocycles. The number of nitrogens with zero attached hydrogens (tertiary/aromatic N) is 3. The van der Waals surface area contributed by atoms with Gasteiger partial charge in [-0.2, -0.15) is 0 Å². The van der Waals surface area contributed by atoms with Gasteiger partial charge in [-0.3, -0.25) is 9.69 Å². The molecule has 1 aromatic heterocycles. The third-order valence-corrected chi connectivity index (χ3v) is 7.04. The molecule has 0 N–H and O–H groups in total. The number of anilines is 1. The second-order valence-electron chi connectivity index (χ2n) is 7.29. The molecular weight excluding hydrogens is 458 g/mol. The van der Waals surface area contributed by atoms with Crippen LogP contribution >= 0.6 is 23.7 Å². The lowest BCUT2D eigenvalue weighted by Gasteiger charge is -2.22. The van der Waals surface area contributed by atoms with Crippen LogP contribution in [0.15, 0.2) is 41.3 Å². The number of aromatic nitrogens is 1. The number of benzene rings is 2. The normalized spacial score (nSPS) is 11.4. The van der Waals surface area contributed by atoms with E-state index >= 15 is 0 Å². The minimum Gasteiger partial charge on any atom is -0.494 e. The van der Waals surface area contributed by atoms with Crippen molar-refractivity contribution in [1.82, 2.24) is 9.88 Å². The number of sulfone groups is 1. The van der Waals surface area contributed by atoms with Gasteiger partial charge >= 0.3 is 0 Å². The van der Waals surface area contributed by atoms with E-state index in [1.807, 2.05) is 38.1 Å². The summed E-state index contributed by atoms with van der Waals surface area (Å²) in [5.74, 6) is 0.239. The van der Waals surface area contributed by atoms with Crippen molar-refractivity contribution in [2.45, 2.75) is 11.8 Å². The van der Waals surface area contributed by atoms with E-state index in [1.54, 1.807) is 30.2 Å². The number of fused-ring (bicyclic) bond motifs is 1. The highest BCUT2D eigenvalue weighted by atomic mass is 35.5. The molecule has 3 aromatic rings. The summed E-state index contributed by atoms with van der Waals surface area (Å²) >= 11 is 1.40. The standard InChI is InChI=1S/C21H25N3O4S2.ClH/c1-14-10-11-16(28-4)18-19(14)29-21(22-18)24(13-12-23(2)3)20(25)15-8-6-7-9-17(15)30(5,26)27;/h6-11H,12-13H2,1-5H3;1H. The summed E-state index contributed by atoms with van der Waals surface area (Å²) in [4.78, 5) is 21.7. The van der Waals surface area contributed by atoms with E-state index in [4.69, 9.17) is 9.72 Å². The van der Waals surface area contributed by atoms with Gasteiger partial charge in [-0.15, -0.1) is 12.4 Å². The van der Waals surface area contributed by atoms with E-state index in [0.29, 0.717) is 29.5 Å². The zero-order chi connectivity index (χ0) is 22.1. The first kappa shape index (κ1) is 25.1. The second-order valence-corrected chi connectivity index (χ2v) is 10.2. The fraction of sp³-hybridized carbons (Fsp3) is 0.333. The van der Waals surface area contributed by atoms with Gasteiger partial charge in [0.25, 0.3) is 5.91 Å². The van der Waals surface area contributed by atoms with E-state index in [1.165, 1.54) is 17.4 Å². The predicted molar refractivity (Wildman–Crippen MR) is 128 cm³/mol. The number of hydrogen-bond acceptors (Lipinski definition) is 7. The lowest BCUT2D eigenvalue weighted by atomic mass is 10.2. The van der Waals surface area contributed by atoms with Crippen molar-refractivity contribution in [3.8, 4) is 5.75 Å². The Morgan fingerprint density at radius 2 is 1.81 bits per heavy atom. The second kappa shape index (κ2) is 9.95. The average Bonchev–Trinajstić information content (AvgIpc) is 3.13. The molecular formula is C21H26ClN3O4S2. The maximum absolute atomic E-state index is 13.5. The summed E-state index contributed by atoms with van der Waals surface area (Å²) in [6.45, 7) is 2.94. The number of halogens is 1. The highest BCUT2D eigenvalue weighted by Crippen LogP contribution is 2.37. The molecule has 2 aromatic carbocycles. The Labute approximate surface area is 193 Å². The Morgan fingerprint density at radius 3 is 2.42 bits per heavy atom. The molecule has 0 atom stereocenters. The van der Waals surface area contributed by atoms with Crippen LogP contribution < -0.4 is 9.64 Å². The van der Waals surface area contributed by atoms with Crippen LogP contribution in [0.25, 0.3) is 10.2 Å². The van der Waals surface area contributed by atoms with E-state index in [0.717, 1.165) is 16.5 Å². The van der Waals surface area contributed by atoms with E-state index in [-0.39, 0.29) is 22.9 Å². The molecule has 0 fully saturated rings. The molecule has 1 heterocycles. The third kappa shape index (κ3) is 5.35. The summed E-state index contributed by atoms with van der Waals surface area (Å²) < 4.78 is 30.9. The van der Waals surface area contributed by atoms with E-state index < -0.39 is 15.7 Å². The van der Waals surface area contributed by atoms with Crippen molar-refractivity contribution in [3.05, 3.63) is 47.5 Å². The van der Waals surface area contributed by atoms with Crippen LogP contribution in [0.2, 0.25) is 0 Å². The fourth-order valence-electron chi connectivity index (χ4n) is 3.07. The van der Waals surface area contributed by atoms with Crippen molar-refractivity contribution < 1.29 is 17.9 Å². The molecule has 0 radical (unpaired) electrons. The number of carbonyl (C=O) groups is 1. The number of methoxy groups -OCH3 is 1. The highest BCUT2D eigenvalue weighted by Gasteiger charge is 2.27. The molecule has 31 heavy (non-hydrogen) atoms. The lowest BCUT2D eigenvalue weighted by molar-refractivity contribution is 0.0982. The molecule has 1 amide bonds. The molecule has 0 unspecified atom stereocenters. The minimum atomic E-state index is -3.56. The molecule has 0 aliphatic carbocycles. The quantitative estimate of drug-likeness (QED) is 0.510. The van der Waals surface area contributed by atoms with Crippen molar-refractivity contribution in [1.29, 1.82) is 0 Å². The van der Waals surface area contributed by atoms with Crippen LogP contribution in [-0.4, -0.2) is 64.8 Å². The number of rotatable bonds is 7. The van der Waals surface area contributed by atoms with Crippen LogP contribution in [-0.2, 0) is 9.84 Å². The molecule has 168 valence electrons. The molecule has 0 bridgehead atoms. The maximum atomic E-state index is 13.5. The first-order chi connectivity index (χ1) is 14.1. The Morgan fingerprint density at radius 1 is 1.13 bits per heavy atom. The summed E-state index contributed by atoms with van der Waals surface area (Å²) in [5.41, 5.74) is 1.87. The Hall–Kier alpha value is -2.20. The van der Waals surface area contributed by atoms with Gasteiger partial charge in [0.1, 0.15) is 11.3 Å². The SMILES string of the molecule is COc1ccc(C)c2sc(N(CCN(C)C)C(=O)c3ccccc3S(C)(=O)=O)nc12.Cl. The van der Waals surface area contributed by atoms with Gasteiger partial charge in [-0.25, -0.2) is 13.4 Å². The van der Waals surface area contributed by atoms with Crippen molar-refractivity contribution in [3.63, 3.8) is 0 Å². The number of hydrogen-bond donors (Lipinski definition) is 0. The van der Waals surface area contributed by atoms with E-state index in [9.17, 15) is 13.2 Å². The summed E-state index contributed by atoms with van der Waals surface area (Å²) in [5, 5.41) is 0.507. The van der Waals surface area contributed by atoms with Crippen molar-refractivity contribution in [2.24, 2.45) is 0 Å². The van der Waals surface area contributed by atoms with Crippen LogP contribution in [0.1, 0.15) is 15.9 Å². The first-order valence-corrected chi connectivity index (χ1v) is 12.0. The van der Waals surface area contributed by atoms with Gasteiger partial charge in [-0.05, 0) is 44.8 Å². The zero-order valence-electron chi connectivity index (χ0n) is 18.1. The average molecular weight is 484 g/mol. The van der Waals surface area contributed by atoms with Gasteiger partial charge in [0.2, 0.25) is 0 Å². The predicted octanol–water partition coefficient (Wildman–Crippen LogP) is 3.65. The van der Waals surface area contributed by atoms with Crippen molar-refractivity contribution >= 4 is 54.8 Å². The highest BCUT2D eigenvalue weighted by molar-refractivity contribution is 7.90. The molecule has 0 saturated carbocycles. The molecule has 3 rings (SSSR count). The van der Waals surface area contributed by atoms with Crippen LogP contribution in [0.4, 0.5) is 5.13 Å². The smallest absolute Gasteiger partial charge is 0.261 e. The van der Waals surface area contributed by atoms with Crippen LogP contribution in [0, 0.1) is 6.92 Å². The minimum absolute atomic E-state index is 0. The van der Waals surface area contributed by atoms with Gasteiger partial charge in [0.05, 0.1) is 22.3 Å². The van der Waals surface area contributed by atoms with Gasteiger partial charge < -0.3 is 9.64 Å². The van der Waals surface area contributed by atoms with Gasteiger partial charge in [0, 0.05) is 19.3 Å². The number of carbonyl (C=O) groups excluding carboxylic acids is 1. The molecule has 0 aliphatic rings. The number of amides is 1. The largest absolute Gasteiger partial charge is 0.494 e. The maximum Gasteiger partial charge on any atom is 0.261 e. The first-order valence-electron chi connectivity index (χ1n) is 9.33. The van der Waals surface area contributed by atoms with Crippen LogP contribution in [0.3, 0.4) is 0 Å². The fourth-order valence-corrected chi connectivity index (χ4v) is 5.03. The molecule has 0 spiro atoms.